The van der Waals surface area contributed by atoms with Crippen LogP contribution in [0.2, 0.25) is 0 Å². The predicted octanol–water partition coefficient (Wildman–Crippen LogP) is 2.76. The summed E-state index contributed by atoms with van der Waals surface area (Å²) in [7, 11) is -3.67. The molecule has 1 aliphatic rings. The molecule has 0 bridgehead atoms. The average Bonchev–Trinajstić information content (AvgIpc) is 2.59. The van der Waals surface area contributed by atoms with Gasteiger partial charge in [0.1, 0.15) is 10.6 Å². The summed E-state index contributed by atoms with van der Waals surface area (Å²) >= 11 is 0. The molecule has 7 heteroatoms. The first-order valence-corrected chi connectivity index (χ1v) is 10.7. The van der Waals surface area contributed by atoms with Gasteiger partial charge in [-0.05, 0) is 42.5 Å². The third-order valence-electron chi connectivity index (χ3n) is 4.72. The molecule has 1 aromatic rings. The Kier molecular flexibility index (Phi) is 6.69. The van der Waals surface area contributed by atoms with Crippen molar-refractivity contribution in [2.45, 2.75) is 51.9 Å². The number of rotatable bonds is 6. The predicted molar refractivity (Wildman–Crippen MR) is 102 cm³/mol. The van der Waals surface area contributed by atoms with Gasteiger partial charge in [-0.2, -0.15) is 4.31 Å². The van der Waals surface area contributed by atoms with Crippen molar-refractivity contribution in [3.63, 3.8) is 0 Å². The summed E-state index contributed by atoms with van der Waals surface area (Å²) < 4.78 is 33.8. The molecule has 0 atom stereocenters. The SMILES string of the molecule is CCCOc1cc(C)c(C(C)C)cc1S(=O)(=O)N1CCN(C(C)=O)CC1. The molecule has 0 saturated carbocycles. The number of nitrogens with zero attached hydrogens (tertiary/aromatic N) is 2. The number of ether oxygens (including phenoxy) is 1. The highest BCUT2D eigenvalue weighted by Gasteiger charge is 2.32. The lowest BCUT2D eigenvalue weighted by Crippen LogP contribution is -2.50. The molecular formula is C19H30N2O4S. The first-order chi connectivity index (χ1) is 12.2. The lowest BCUT2D eigenvalue weighted by molar-refractivity contribution is -0.129. The Morgan fingerprint density at radius 2 is 1.81 bits per heavy atom. The van der Waals surface area contributed by atoms with Crippen molar-refractivity contribution in [1.29, 1.82) is 0 Å². The van der Waals surface area contributed by atoms with Gasteiger partial charge >= 0.3 is 0 Å². The van der Waals surface area contributed by atoms with Gasteiger partial charge in [0.2, 0.25) is 15.9 Å². The Balaban J connectivity index is 2.40. The third kappa shape index (κ3) is 4.38. The number of amides is 1. The lowest BCUT2D eigenvalue weighted by atomic mass is 9.98. The Morgan fingerprint density at radius 1 is 1.19 bits per heavy atom. The fraction of sp³-hybridized carbons (Fsp3) is 0.632. The summed E-state index contributed by atoms with van der Waals surface area (Å²) in [4.78, 5) is 13.4. The highest BCUT2D eigenvalue weighted by Crippen LogP contribution is 2.33. The fourth-order valence-corrected chi connectivity index (χ4v) is 4.78. The van der Waals surface area contributed by atoms with E-state index >= 15 is 0 Å². The van der Waals surface area contributed by atoms with E-state index in [2.05, 4.69) is 13.8 Å². The van der Waals surface area contributed by atoms with Crippen LogP contribution < -0.4 is 4.74 Å². The number of aryl methyl sites for hydroxylation is 1. The van der Waals surface area contributed by atoms with Crippen molar-refractivity contribution in [2.24, 2.45) is 0 Å². The Labute approximate surface area is 157 Å². The van der Waals surface area contributed by atoms with E-state index in [1.54, 1.807) is 11.0 Å². The van der Waals surface area contributed by atoms with Gasteiger partial charge in [0, 0.05) is 33.1 Å². The molecule has 1 heterocycles. The zero-order valence-corrected chi connectivity index (χ0v) is 17.2. The fourth-order valence-electron chi connectivity index (χ4n) is 3.21. The molecule has 0 unspecified atom stereocenters. The standard InChI is InChI=1S/C19H30N2O4S/c1-6-11-25-18-12-15(4)17(14(2)3)13-19(18)26(23,24)21-9-7-20(8-10-21)16(5)22/h12-14H,6-11H2,1-5H3. The molecular weight excluding hydrogens is 352 g/mol. The van der Waals surface area contributed by atoms with Crippen LogP contribution in [0, 0.1) is 6.92 Å². The van der Waals surface area contributed by atoms with Crippen LogP contribution in [0.25, 0.3) is 0 Å². The number of sulfonamides is 1. The average molecular weight is 383 g/mol. The molecule has 0 radical (unpaired) electrons. The number of carbonyl (C=O) groups excluding carboxylic acids is 1. The van der Waals surface area contributed by atoms with Gasteiger partial charge in [-0.15, -0.1) is 0 Å². The molecule has 0 N–H and O–H groups in total. The smallest absolute Gasteiger partial charge is 0.246 e. The van der Waals surface area contributed by atoms with Crippen LogP contribution in [0.5, 0.6) is 5.75 Å². The maximum Gasteiger partial charge on any atom is 0.246 e. The topological polar surface area (TPSA) is 66.9 Å². The van der Waals surface area contributed by atoms with E-state index < -0.39 is 10.0 Å². The summed E-state index contributed by atoms with van der Waals surface area (Å²) in [6, 6.07) is 3.60. The minimum Gasteiger partial charge on any atom is -0.492 e. The maximum absolute atomic E-state index is 13.3. The Hall–Kier alpha value is -1.60. The van der Waals surface area contributed by atoms with E-state index in [0.717, 1.165) is 17.5 Å². The summed E-state index contributed by atoms with van der Waals surface area (Å²) in [5.41, 5.74) is 2.04. The van der Waals surface area contributed by atoms with Crippen molar-refractivity contribution >= 4 is 15.9 Å². The molecule has 26 heavy (non-hydrogen) atoms. The van der Waals surface area contributed by atoms with Gasteiger partial charge in [-0.3, -0.25) is 4.79 Å². The molecule has 1 aliphatic heterocycles. The molecule has 1 aromatic carbocycles. The molecule has 1 amide bonds. The largest absolute Gasteiger partial charge is 0.492 e. The van der Waals surface area contributed by atoms with Crippen LogP contribution in [0.4, 0.5) is 0 Å². The number of carbonyl (C=O) groups is 1. The van der Waals surface area contributed by atoms with Crippen LogP contribution in [-0.2, 0) is 14.8 Å². The molecule has 0 spiro atoms. The van der Waals surface area contributed by atoms with E-state index in [9.17, 15) is 13.2 Å². The molecule has 6 nitrogen and oxygen atoms in total. The highest BCUT2D eigenvalue weighted by molar-refractivity contribution is 7.89. The van der Waals surface area contributed by atoms with E-state index in [4.69, 9.17) is 4.74 Å². The first kappa shape index (κ1) is 20.7. The second-order valence-electron chi connectivity index (χ2n) is 7.07. The van der Waals surface area contributed by atoms with Crippen molar-refractivity contribution in [2.75, 3.05) is 32.8 Å². The lowest BCUT2D eigenvalue weighted by Gasteiger charge is -2.33. The molecule has 0 aliphatic carbocycles. The molecule has 1 fully saturated rings. The van der Waals surface area contributed by atoms with Gasteiger partial charge in [-0.1, -0.05) is 20.8 Å². The van der Waals surface area contributed by atoms with E-state index in [-0.39, 0.29) is 16.7 Å². The Bertz CT molecular complexity index is 751. The zero-order chi connectivity index (χ0) is 19.5. The summed E-state index contributed by atoms with van der Waals surface area (Å²) in [6.07, 6.45) is 0.807. The van der Waals surface area contributed by atoms with Gasteiger partial charge in [0.05, 0.1) is 6.61 Å². The minimum atomic E-state index is -3.67. The monoisotopic (exact) mass is 382 g/mol. The van der Waals surface area contributed by atoms with Gasteiger partial charge < -0.3 is 9.64 Å². The minimum absolute atomic E-state index is 0.0218. The van der Waals surface area contributed by atoms with Crippen molar-refractivity contribution in [3.05, 3.63) is 23.3 Å². The quantitative estimate of drug-likeness (QED) is 0.759. The van der Waals surface area contributed by atoms with Crippen molar-refractivity contribution in [1.82, 2.24) is 9.21 Å². The van der Waals surface area contributed by atoms with Crippen molar-refractivity contribution in [3.8, 4) is 5.75 Å². The van der Waals surface area contributed by atoms with Crippen LogP contribution in [0.15, 0.2) is 17.0 Å². The molecule has 146 valence electrons. The zero-order valence-electron chi connectivity index (χ0n) is 16.4. The Morgan fingerprint density at radius 3 is 2.31 bits per heavy atom. The van der Waals surface area contributed by atoms with Crippen LogP contribution in [0.1, 0.15) is 51.2 Å². The van der Waals surface area contributed by atoms with E-state index in [1.807, 2.05) is 19.9 Å². The number of hydrogen-bond donors (Lipinski definition) is 0. The normalized spacial score (nSPS) is 16.2. The maximum atomic E-state index is 13.3. The van der Waals surface area contributed by atoms with Crippen LogP contribution in [-0.4, -0.2) is 56.3 Å². The molecule has 0 aromatic heterocycles. The number of hydrogen-bond acceptors (Lipinski definition) is 4. The van der Waals surface area contributed by atoms with E-state index in [1.165, 1.54) is 11.2 Å². The molecule has 2 rings (SSSR count). The van der Waals surface area contributed by atoms with E-state index in [0.29, 0.717) is 38.5 Å². The third-order valence-corrected chi connectivity index (χ3v) is 6.64. The summed E-state index contributed by atoms with van der Waals surface area (Å²) in [5.74, 6) is 0.618. The molecule has 1 saturated heterocycles. The number of benzene rings is 1. The second-order valence-corrected chi connectivity index (χ2v) is 8.98. The van der Waals surface area contributed by atoms with Gasteiger partial charge in [-0.25, -0.2) is 8.42 Å². The summed E-state index contributed by atoms with van der Waals surface area (Å²) in [5, 5.41) is 0. The van der Waals surface area contributed by atoms with Gasteiger partial charge in [0.15, 0.2) is 0 Å². The summed E-state index contributed by atoms with van der Waals surface area (Å²) in [6.45, 7) is 11.5. The highest BCUT2D eigenvalue weighted by atomic mass is 32.2. The number of piperazine rings is 1. The van der Waals surface area contributed by atoms with Gasteiger partial charge in [0.25, 0.3) is 0 Å². The first-order valence-electron chi connectivity index (χ1n) is 9.21. The van der Waals surface area contributed by atoms with Crippen molar-refractivity contribution < 1.29 is 17.9 Å². The van der Waals surface area contributed by atoms with Crippen LogP contribution in [0.3, 0.4) is 0 Å². The van der Waals surface area contributed by atoms with Crippen LogP contribution >= 0.6 is 0 Å². The second kappa shape index (κ2) is 8.39.